The Bertz CT molecular complexity index is 1150. The summed E-state index contributed by atoms with van der Waals surface area (Å²) in [5, 5.41) is 14.3. The minimum atomic E-state index is -1.39. The van der Waals surface area contributed by atoms with E-state index in [-0.39, 0.29) is 19.1 Å². The Kier molecular flexibility index (Phi) is 6.46. The monoisotopic (exact) mass is 480 g/mol. The van der Waals surface area contributed by atoms with E-state index in [1.54, 1.807) is 0 Å². The van der Waals surface area contributed by atoms with Crippen LogP contribution in [-0.2, 0) is 28.6 Å². The van der Waals surface area contributed by atoms with Crippen molar-refractivity contribution in [2.75, 3.05) is 13.2 Å². The van der Waals surface area contributed by atoms with Crippen molar-refractivity contribution >= 4 is 24.0 Å². The van der Waals surface area contributed by atoms with Gasteiger partial charge < -0.3 is 30.0 Å². The van der Waals surface area contributed by atoms with Crippen molar-refractivity contribution in [2.45, 2.75) is 31.6 Å². The van der Waals surface area contributed by atoms with Crippen molar-refractivity contribution in [2.24, 2.45) is 0 Å². The molecule has 0 spiro atoms. The summed E-state index contributed by atoms with van der Waals surface area (Å²) in [6, 6.07) is 14.3. The zero-order valence-electron chi connectivity index (χ0n) is 19.1. The van der Waals surface area contributed by atoms with Crippen LogP contribution in [0.5, 0.6) is 0 Å². The Labute approximate surface area is 200 Å². The summed E-state index contributed by atoms with van der Waals surface area (Å²) in [4.78, 5) is 47.9. The van der Waals surface area contributed by atoms with Crippen molar-refractivity contribution in [1.29, 1.82) is 0 Å². The van der Waals surface area contributed by atoms with Gasteiger partial charge in [-0.15, -0.1) is 0 Å². The van der Waals surface area contributed by atoms with Gasteiger partial charge in [-0.2, -0.15) is 0 Å². The molecule has 10 nitrogen and oxygen atoms in total. The highest BCUT2D eigenvalue weighted by Crippen LogP contribution is 2.44. The first-order valence-electron chi connectivity index (χ1n) is 10.9. The van der Waals surface area contributed by atoms with E-state index in [0.717, 1.165) is 28.5 Å². The molecule has 2 aromatic rings. The lowest BCUT2D eigenvalue weighted by atomic mass is 9.98. The van der Waals surface area contributed by atoms with E-state index in [1.807, 2.05) is 48.5 Å². The van der Waals surface area contributed by atoms with E-state index in [9.17, 15) is 24.3 Å². The van der Waals surface area contributed by atoms with Gasteiger partial charge in [-0.05, 0) is 22.3 Å². The van der Waals surface area contributed by atoms with Crippen LogP contribution in [0, 0.1) is 0 Å². The van der Waals surface area contributed by atoms with Gasteiger partial charge in [0, 0.05) is 32.5 Å². The van der Waals surface area contributed by atoms with Crippen LogP contribution in [0.1, 0.15) is 30.9 Å². The van der Waals surface area contributed by atoms with Crippen LogP contribution in [0.2, 0.25) is 0 Å². The second-order valence-electron chi connectivity index (χ2n) is 8.51. The van der Waals surface area contributed by atoms with Gasteiger partial charge in [0.05, 0.1) is 0 Å². The number of nitrogens with one attached hydrogen (secondary N) is 2. The summed E-state index contributed by atoms with van der Waals surface area (Å²) in [6.07, 6.45) is 0.0851. The van der Waals surface area contributed by atoms with Gasteiger partial charge in [0.1, 0.15) is 12.6 Å². The van der Waals surface area contributed by atoms with Crippen LogP contribution >= 0.6 is 0 Å². The number of alkyl carbamates (subject to hydrolysis) is 1. The normalized spacial score (nSPS) is 16.8. The van der Waals surface area contributed by atoms with Crippen molar-refractivity contribution in [1.82, 2.24) is 10.6 Å². The van der Waals surface area contributed by atoms with Crippen LogP contribution in [0.3, 0.4) is 0 Å². The van der Waals surface area contributed by atoms with Gasteiger partial charge in [-0.25, -0.2) is 19.2 Å². The van der Waals surface area contributed by atoms with Crippen LogP contribution < -0.4 is 10.6 Å². The number of amides is 1. The fraction of sp³-hybridized carbons (Fsp3) is 0.280. The summed E-state index contributed by atoms with van der Waals surface area (Å²) < 4.78 is 15.3. The quantitative estimate of drug-likeness (QED) is 0.309. The molecule has 1 heterocycles. The number of carbonyl (C=O) groups is 4. The van der Waals surface area contributed by atoms with Crippen molar-refractivity contribution in [3.05, 3.63) is 71.4 Å². The van der Waals surface area contributed by atoms with E-state index in [0.29, 0.717) is 0 Å². The van der Waals surface area contributed by atoms with Crippen LogP contribution in [0.4, 0.5) is 4.79 Å². The van der Waals surface area contributed by atoms with Crippen molar-refractivity contribution < 1.29 is 38.5 Å². The predicted octanol–water partition coefficient (Wildman–Crippen LogP) is 2.29. The van der Waals surface area contributed by atoms with Gasteiger partial charge in [0.25, 0.3) is 5.79 Å². The number of cyclic esters (lactones) is 2. The maximum Gasteiger partial charge on any atom is 0.407 e. The first kappa shape index (κ1) is 23.8. The highest BCUT2D eigenvalue weighted by atomic mass is 16.7. The molecule has 4 rings (SSSR count). The molecular formula is C25H24N2O8. The second kappa shape index (κ2) is 9.49. The van der Waals surface area contributed by atoms with E-state index in [1.165, 1.54) is 13.8 Å². The van der Waals surface area contributed by atoms with Gasteiger partial charge in [0.15, 0.2) is 5.57 Å². The Hall–Kier alpha value is -4.34. The molecule has 0 aromatic heterocycles. The molecule has 1 atom stereocenters. The third-order valence-corrected chi connectivity index (χ3v) is 5.62. The Balaban J connectivity index is 1.35. The number of aliphatic carboxylic acids is 1. The summed E-state index contributed by atoms with van der Waals surface area (Å²) in [5.74, 6) is -4.71. The summed E-state index contributed by atoms with van der Waals surface area (Å²) >= 11 is 0. The fourth-order valence-electron chi connectivity index (χ4n) is 4.04. The lowest BCUT2D eigenvalue weighted by Crippen LogP contribution is -2.47. The van der Waals surface area contributed by atoms with Crippen LogP contribution in [-0.4, -0.2) is 54.1 Å². The van der Waals surface area contributed by atoms with Crippen LogP contribution in [0.15, 0.2) is 60.3 Å². The van der Waals surface area contributed by atoms with Gasteiger partial charge in [-0.1, -0.05) is 48.5 Å². The minimum Gasteiger partial charge on any atom is -0.480 e. The molecule has 35 heavy (non-hydrogen) atoms. The molecule has 1 unspecified atom stereocenters. The van der Waals surface area contributed by atoms with Crippen LogP contribution in [0.25, 0.3) is 11.1 Å². The molecule has 2 aliphatic rings. The number of benzene rings is 2. The lowest BCUT2D eigenvalue weighted by Gasteiger charge is -2.29. The summed E-state index contributed by atoms with van der Waals surface area (Å²) in [6.45, 7) is 2.52. The molecule has 1 saturated heterocycles. The zero-order chi connectivity index (χ0) is 25.2. The molecule has 182 valence electrons. The molecule has 10 heteroatoms. The SMILES string of the molecule is CC1(C)OC(=O)C(=CNCC(NC(=O)OCC2c3ccccc3-c3ccccc32)C(=O)O)C(=O)O1. The number of hydrogen-bond acceptors (Lipinski definition) is 8. The van der Waals surface area contributed by atoms with E-state index < -0.39 is 41.4 Å². The number of hydrogen-bond donors (Lipinski definition) is 3. The average molecular weight is 480 g/mol. The molecule has 1 aliphatic heterocycles. The lowest BCUT2D eigenvalue weighted by molar-refractivity contribution is -0.222. The maximum atomic E-state index is 12.4. The maximum absolute atomic E-state index is 12.4. The number of carboxylic acid groups (broad SMARTS) is 1. The third-order valence-electron chi connectivity index (χ3n) is 5.62. The molecule has 1 aliphatic carbocycles. The van der Waals surface area contributed by atoms with E-state index in [2.05, 4.69) is 10.6 Å². The van der Waals surface area contributed by atoms with Gasteiger partial charge in [-0.3, -0.25) is 0 Å². The number of rotatable bonds is 7. The summed E-state index contributed by atoms with van der Waals surface area (Å²) in [5.41, 5.74) is 3.77. The zero-order valence-corrected chi connectivity index (χ0v) is 19.1. The molecule has 0 radical (unpaired) electrons. The molecule has 3 N–H and O–H groups in total. The smallest absolute Gasteiger partial charge is 0.407 e. The first-order chi connectivity index (χ1) is 16.7. The second-order valence-corrected chi connectivity index (χ2v) is 8.51. The van der Waals surface area contributed by atoms with E-state index >= 15 is 0 Å². The van der Waals surface area contributed by atoms with E-state index in [4.69, 9.17) is 14.2 Å². The predicted molar refractivity (Wildman–Crippen MR) is 122 cm³/mol. The molecule has 1 amide bonds. The molecule has 0 saturated carbocycles. The molecular weight excluding hydrogens is 456 g/mol. The largest absolute Gasteiger partial charge is 0.480 e. The number of esters is 2. The van der Waals surface area contributed by atoms with Crippen molar-refractivity contribution in [3.63, 3.8) is 0 Å². The molecule has 2 aromatic carbocycles. The topological polar surface area (TPSA) is 140 Å². The average Bonchev–Trinajstić information content (AvgIpc) is 3.11. The Morgan fingerprint density at radius 3 is 2.11 bits per heavy atom. The van der Waals surface area contributed by atoms with Crippen molar-refractivity contribution in [3.8, 4) is 11.1 Å². The molecule has 1 fully saturated rings. The van der Waals surface area contributed by atoms with Gasteiger partial charge >= 0.3 is 24.0 Å². The highest BCUT2D eigenvalue weighted by Gasteiger charge is 2.39. The third kappa shape index (κ3) is 5.11. The number of carbonyl (C=O) groups excluding carboxylic acids is 3. The number of carboxylic acids is 1. The van der Waals surface area contributed by atoms with Gasteiger partial charge in [0.2, 0.25) is 0 Å². The Morgan fingerprint density at radius 1 is 1.03 bits per heavy atom. The number of fused-ring (bicyclic) bond motifs is 3. The standard InChI is InChI=1S/C25H24N2O8/c1-25(2)34-22(30)18(23(31)35-25)11-26-12-20(21(28)29)27-24(32)33-13-19-16-9-5-3-7-14(16)15-8-4-6-10-17(15)19/h3-11,19-20,26H,12-13H2,1-2H3,(H,27,32)(H,28,29). The first-order valence-corrected chi connectivity index (χ1v) is 10.9. The fourth-order valence-corrected chi connectivity index (χ4v) is 4.04. The Morgan fingerprint density at radius 2 is 1.57 bits per heavy atom. The number of ether oxygens (including phenoxy) is 3. The molecule has 0 bridgehead atoms. The highest BCUT2D eigenvalue weighted by molar-refractivity contribution is 6.15. The minimum absolute atomic E-state index is 0.0249. The summed E-state index contributed by atoms with van der Waals surface area (Å²) in [7, 11) is 0.